The van der Waals surface area contributed by atoms with Crippen molar-refractivity contribution < 1.29 is 4.74 Å². The molecule has 3 heteroatoms. The highest BCUT2D eigenvalue weighted by atomic mass is 79.9. The zero-order valence-corrected chi connectivity index (χ0v) is 15.3. The maximum atomic E-state index is 6.05. The van der Waals surface area contributed by atoms with Crippen molar-refractivity contribution in [3.8, 4) is 11.5 Å². The van der Waals surface area contributed by atoms with E-state index in [2.05, 4.69) is 83.8 Å². The van der Waals surface area contributed by atoms with E-state index in [9.17, 15) is 0 Å². The van der Waals surface area contributed by atoms with Gasteiger partial charge in [-0.05, 0) is 92.6 Å². The zero-order chi connectivity index (χ0) is 14.9. The van der Waals surface area contributed by atoms with Crippen LogP contribution in [-0.4, -0.2) is 0 Å². The van der Waals surface area contributed by atoms with Crippen LogP contribution in [0, 0.1) is 13.8 Å². The fraction of sp³-hybridized carbons (Fsp3) is 0.294. The first kappa shape index (κ1) is 15.6. The molecule has 2 aromatic carbocycles. The van der Waals surface area contributed by atoms with Gasteiger partial charge in [-0.1, -0.05) is 19.9 Å². The lowest BCUT2D eigenvalue weighted by Gasteiger charge is -2.14. The van der Waals surface area contributed by atoms with Crippen LogP contribution in [-0.2, 0) is 0 Å². The van der Waals surface area contributed by atoms with Crippen molar-refractivity contribution in [1.29, 1.82) is 0 Å². The minimum atomic E-state index is 0.489. The largest absolute Gasteiger partial charge is 0.455 e. The number of benzene rings is 2. The van der Waals surface area contributed by atoms with Gasteiger partial charge in [-0.25, -0.2) is 0 Å². The number of halogens is 2. The van der Waals surface area contributed by atoms with Crippen molar-refractivity contribution in [2.24, 2.45) is 0 Å². The molecular weight excluding hydrogens is 380 g/mol. The van der Waals surface area contributed by atoms with Gasteiger partial charge in [0.2, 0.25) is 0 Å². The van der Waals surface area contributed by atoms with Gasteiger partial charge >= 0.3 is 0 Å². The zero-order valence-electron chi connectivity index (χ0n) is 12.1. The summed E-state index contributed by atoms with van der Waals surface area (Å²) in [6, 6.07) is 10.4. The summed E-state index contributed by atoms with van der Waals surface area (Å²) >= 11 is 7.12. The number of ether oxygens (including phenoxy) is 1. The molecule has 0 atom stereocenters. The molecule has 0 heterocycles. The molecule has 0 amide bonds. The third kappa shape index (κ3) is 3.44. The van der Waals surface area contributed by atoms with Crippen LogP contribution in [0.15, 0.2) is 39.3 Å². The van der Waals surface area contributed by atoms with Crippen molar-refractivity contribution in [2.75, 3.05) is 0 Å². The SMILES string of the molecule is Cc1cc(Br)c(Oc2ccc(C)c(C(C)C)c2)c(Br)c1. The Morgan fingerprint density at radius 3 is 2.10 bits per heavy atom. The van der Waals surface area contributed by atoms with Crippen LogP contribution >= 0.6 is 31.9 Å². The number of hydrogen-bond donors (Lipinski definition) is 0. The summed E-state index contributed by atoms with van der Waals surface area (Å²) in [6.45, 7) is 8.59. The molecule has 0 aliphatic carbocycles. The second kappa shape index (κ2) is 6.31. The first-order valence-corrected chi connectivity index (χ1v) is 8.21. The van der Waals surface area contributed by atoms with E-state index in [1.807, 2.05) is 6.07 Å². The molecule has 0 aliphatic heterocycles. The summed E-state index contributed by atoms with van der Waals surface area (Å²) in [6.07, 6.45) is 0. The molecule has 0 saturated carbocycles. The Labute approximate surface area is 137 Å². The molecule has 20 heavy (non-hydrogen) atoms. The van der Waals surface area contributed by atoms with Crippen molar-refractivity contribution in [1.82, 2.24) is 0 Å². The van der Waals surface area contributed by atoms with E-state index in [0.29, 0.717) is 5.92 Å². The van der Waals surface area contributed by atoms with Crippen LogP contribution in [0.2, 0.25) is 0 Å². The molecule has 2 aromatic rings. The van der Waals surface area contributed by atoms with E-state index in [0.717, 1.165) is 20.4 Å². The van der Waals surface area contributed by atoms with Crippen molar-refractivity contribution in [2.45, 2.75) is 33.6 Å². The Hall–Kier alpha value is -0.800. The molecule has 0 aliphatic rings. The molecule has 106 valence electrons. The van der Waals surface area contributed by atoms with Gasteiger partial charge in [0.05, 0.1) is 8.95 Å². The summed E-state index contributed by atoms with van der Waals surface area (Å²) in [5, 5.41) is 0. The molecule has 0 aromatic heterocycles. The molecule has 0 bridgehead atoms. The number of hydrogen-bond acceptors (Lipinski definition) is 1. The van der Waals surface area contributed by atoms with E-state index in [-0.39, 0.29) is 0 Å². The van der Waals surface area contributed by atoms with Crippen LogP contribution in [0.4, 0.5) is 0 Å². The number of aryl methyl sites for hydroxylation is 2. The average Bonchev–Trinajstić information content (AvgIpc) is 2.35. The summed E-state index contributed by atoms with van der Waals surface area (Å²) in [5.74, 6) is 2.17. The Morgan fingerprint density at radius 1 is 0.950 bits per heavy atom. The first-order chi connectivity index (χ1) is 9.38. The third-order valence-electron chi connectivity index (χ3n) is 3.24. The lowest BCUT2D eigenvalue weighted by molar-refractivity contribution is 0.475. The molecule has 2 rings (SSSR count). The normalized spacial score (nSPS) is 10.9. The van der Waals surface area contributed by atoms with Gasteiger partial charge in [0, 0.05) is 0 Å². The van der Waals surface area contributed by atoms with Gasteiger partial charge < -0.3 is 4.74 Å². The van der Waals surface area contributed by atoms with E-state index in [4.69, 9.17) is 4.74 Å². The minimum Gasteiger partial charge on any atom is -0.455 e. The third-order valence-corrected chi connectivity index (χ3v) is 4.41. The smallest absolute Gasteiger partial charge is 0.155 e. The summed E-state index contributed by atoms with van der Waals surface area (Å²) in [4.78, 5) is 0. The highest BCUT2D eigenvalue weighted by Crippen LogP contribution is 2.38. The van der Waals surface area contributed by atoms with Crippen LogP contribution in [0.5, 0.6) is 11.5 Å². The lowest BCUT2D eigenvalue weighted by atomic mass is 9.98. The first-order valence-electron chi connectivity index (χ1n) is 6.62. The quantitative estimate of drug-likeness (QED) is 0.556. The molecule has 0 unspecified atom stereocenters. The van der Waals surface area contributed by atoms with Gasteiger partial charge in [-0.3, -0.25) is 0 Å². The predicted octanol–water partition coefficient (Wildman–Crippen LogP) is 6.74. The molecule has 0 N–H and O–H groups in total. The molecule has 0 radical (unpaired) electrons. The Morgan fingerprint density at radius 2 is 1.55 bits per heavy atom. The Bertz CT molecular complexity index is 610. The minimum absolute atomic E-state index is 0.489. The molecule has 0 spiro atoms. The van der Waals surface area contributed by atoms with Gasteiger partial charge in [0.1, 0.15) is 5.75 Å². The monoisotopic (exact) mass is 396 g/mol. The Kier molecular flexibility index (Phi) is 4.92. The van der Waals surface area contributed by atoms with Gasteiger partial charge in [0.15, 0.2) is 5.75 Å². The van der Waals surface area contributed by atoms with Crippen molar-refractivity contribution >= 4 is 31.9 Å². The topological polar surface area (TPSA) is 9.23 Å². The maximum Gasteiger partial charge on any atom is 0.155 e. The van der Waals surface area contributed by atoms with Crippen LogP contribution in [0.25, 0.3) is 0 Å². The van der Waals surface area contributed by atoms with Gasteiger partial charge in [-0.2, -0.15) is 0 Å². The maximum absolute atomic E-state index is 6.05. The van der Waals surface area contributed by atoms with E-state index >= 15 is 0 Å². The fourth-order valence-electron chi connectivity index (χ4n) is 2.21. The van der Waals surface area contributed by atoms with Crippen molar-refractivity contribution in [3.63, 3.8) is 0 Å². The van der Waals surface area contributed by atoms with Gasteiger partial charge in [-0.15, -0.1) is 0 Å². The van der Waals surface area contributed by atoms with Crippen LogP contribution in [0.3, 0.4) is 0 Å². The van der Waals surface area contributed by atoms with Crippen LogP contribution in [0.1, 0.15) is 36.5 Å². The second-order valence-electron chi connectivity index (χ2n) is 5.33. The highest BCUT2D eigenvalue weighted by Gasteiger charge is 2.11. The van der Waals surface area contributed by atoms with Crippen molar-refractivity contribution in [3.05, 3.63) is 56.0 Å². The molecular formula is C17H18Br2O. The lowest BCUT2D eigenvalue weighted by Crippen LogP contribution is -1.94. The predicted molar refractivity (Wildman–Crippen MR) is 91.9 cm³/mol. The number of rotatable bonds is 3. The van der Waals surface area contributed by atoms with E-state index < -0.39 is 0 Å². The molecule has 0 fully saturated rings. The van der Waals surface area contributed by atoms with E-state index in [1.165, 1.54) is 16.7 Å². The average molecular weight is 398 g/mol. The highest BCUT2D eigenvalue weighted by molar-refractivity contribution is 9.11. The van der Waals surface area contributed by atoms with E-state index in [1.54, 1.807) is 0 Å². The molecule has 0 saturated heterocycles. The summed E-state index contributed by atoms with van der Waals surface area (Å²) in [5.41, 5.74) is 3.80. The fourth-order valence-corrected chi connectivity index (χ4v) is 3.78. The summed E-state index contributed by atoms with van der Waals surface area (Å²) < 4.78 is 7.96. The summed E-state index contributed by atoms with van der Waals surface area (Å²) in [7, 11) is 0. The molecule has 1 nitrogen and oxygen atoms in total. The second-order valence-corrected chi connectivity index (χ2v) is 7.04. The Balaban J connectivity index is 2.38. The van der Waals surface area contributed by atoms with Crippen LogP contribution < -0.4 is 4.74 Å². The standard InChI is InChI=1S/C17H18Br2O/c1-10(2)14-9-13(6-5-12(14)4)20-17-15(18)7-11(3)8-16(17)19/h5-10H,1-4H3. The van der Waals surface area contributed by atoms with Gasteiger partial charge in [0.25, 0.3) is 0 Å².